The molecule has 3 rings (SSSR count). The van der Waals surface area contributed by atoms with Crippen LogP contribution in [0, 0.1) is 20.8 Å². The highest BCUT2D eigenvalue weighted by atomic mass is 16.3. The number of carbonyl (C=O) groups is 2. The smallest absolute Gasteiger partial charge is 0.246 e. The van der Waals surface area contributed by atoms with Crippen molar-refractivity contribution in [1.82, 2.24) is 4.90 Å². The van der Waals surface area contributed by atoms with Gasteiger partial charge in [-0.15, -0.1) is 0 Å². The van der Waals surface area contributed by atoms with Gasteiger partial charge in [-0.25, -0.2) is 0 Å². The minimum Gasteiger partial charge on any atom is -0.460 e. The lowest BCUT2D eigenvalue weighted by Crippen LogP contribution is -2.34. The summed E-state index contributed by atoms with van der Waals surface area (Å²) in [4.78, 5) is 26.5. The molecule has 0 radical (unpaired) electrons. The molecule has 2 amide bonds. The summed E-state index contributed by atoms with van der Waals surface area (Å²) in [6.45, 7) is 7.95. The highest BCUT2D eigenvalue weighted by Gasteiger charge is 2.14. The number of nitrogens with zero attached hydrogens (tertiary/aromatic N) is 1. The van der Waals surface area contributed by atoms with E-state index in [0.29, 0.717) is 0 Å². The number of fused-ring (bicyclic) bond motifs is 1. The molecule has 0 aliphatic heterocycles. The number of likely N-dealkylation sites (N-methyl/N-ethyl adjacent to an activating group) is 1. The van der Waals surface area contributed by atoms with E-state index in [2.05, 4.69) is 5.32 Å². The third-order valence-corrected chi connectivity index (χ3v) is 5.12. The van der Waals surface area contributed by atoms with Crippen molar-refractivity contribution in [2.24, 2.45) is 0 Å². The molecule has 3 aromatic rings. The summed E-state index contributed by atoms with van der Waals surface area (Å²) in [6, 6.07) is 11.8. The lowest BCUT2D eigenvalue weighted by atomic mass is 10.1. The number of rotatable bonds is 6. The molecular weight excluding hydrogens is 376 g/mol. The zero-order valence-electron chi connectivity index (χ0n) is 18.2. The van der Waals surface area contributed by atoms with Gasteiger partial charge in [0.15, 0.2) is 0 Å². The Morgan fingerprint density at radius 3 is 2.43 bits per heavy atom. The van der Waals surface area contributed by atoms with Crippen molar-refractivity contribution in [1.29, 1.82) is 0 Å². The number of nitrogens with one attached hydrogen (secondary N) is 1. The van der Waals surface area contributed by atoms with Crippen LogP contribution in [-0.2, 0) is 16.0 Å². The Bertz CT molecular complexity index is 1100. The lowest BCUT2D eigenvalue weighted by molar-refractivity contribution is -0.129. The van der Waals surface area contributed by atoms with Crippen molar-refractivity contribution in [3.8, 4) is 0 Å². The van der Waals surface area contributed by atoms with Gasteiger partial charge in [0.05, 0.1) is 6.54 Å². The van der Waals surface area contributed by atoms with E-state index in [1.165, 1.54) is 11.0 Å². The predicted molar refractivity (Wildman–Crippen MR) is 122 cm³/mol. The highest BCUT2D eigenvalue weighted by molar-refractivity contribution is 6.00. The zero-order chi connectivity index (χ0) is 21.8. The first kappa shape index (κ1) is 21.4. The van der Waals surface area contributed by atoms with Crippen molar-refractivity contribution in [3.05, 3.63) is 70.5 Å². The predicted octanol–water partition coefficient (Wildman–Crippen LogP) is 5.03. The van der Waals surface area contributed by atoms with Crippen LogP contribution in [0.5, 0.6) is 0 Å². The summed E-state index contributed by atoms with van der Waals surface area (Å²) >= 11 is 0. The van der Waals surface area contributed by atoms with Crippen LogP contribution in [0.25, 0.3) is 17.0 Å². The minimum atomic E-state index is -0.241. The largest absolute Gasteiger partial charge is 0.460 e. The molecule has 2 aromatic carbocycles. The first-order chi connectivity index (χ1) is 14.3. The molecule has 156 valence electrons. The molecule has 0 atom stereocenters. The summed E-state index contributed by atoms with van der Waals surface area (Å²) < 4.78 is 5.86. The summed E-state index contributed by atoms with van der Waals surface area (Å²) in [7, 11) is 1.62. The van der Waals surface area contributed by atoms with Crippen LogP contribution in [0.1, 0.15) is 34.9 Å². The molecule has 0 bridgehead atoms. The topological polar surface area (TPSA) is 62.6 Å². The molecule has 0 aliphatic carbocycles. The first-order valence-electron chi connectivity index (χ1n) is 10.1. The van der Waals surface area contributed by atoms with E-state index in [1.807, 2.05) is 64.1 Å². The summed E-state index contributed by atoms with van der Waals surface area (Å²) in [5, 5.41) is 3.91. The summed E-state index contributed by atoms with van der Waals surface area (Å²) in [5.41, 5.74) is 5.68. The van der Waals surface area contributed by atoms with Crippen molar-refractivity contribution in [3.63, 3.8) is 0 Å². The van der Waals surface area contributed by atoms with Crippen LogP contribution in [0.15, 0.2) is 46.9 Å². The normalized spacial score (nSPS) is 11.2. The van der Waals surface area contributed by atoms with Crippen molar-refractivity contribution >= 4 is 34.5 Å². The standard InChI is InChI=1S/C25H28N2O3/c1-6-21-20(19-9-7-8-10-22(19)30-21)11-12-24(29)27(5)15-23(28)26-25-17(3)13-16(2)14-18(25)4/h7-14H,6,15H2,1-5H3,(H,26,28)/b12-11+. The summed E-state index contributed by atoms with van der Waals surface area (Å²) in [6.07, 6.45) is 4.00. The van der Waals surface area contributed by atoms with Crippen molar-refractivity contribution in [2.75, 3.05) is 18.9 Å². The number of amides is 2. The van der Waals surface area contributed by atoms with Crippen LogP contribution in [0.3, 0.4) is 0 Å². The molecule has 5 heteroatoms. The Hall–Kier alpha value is -3.34. The summed E-state index contributed by atoms with van der Waals surface area (Å²) in [5.74, 6) is 0.373. The zero-order valence-corrected chi connectivity index (χ0v) is 18.2. The Morgan fingerprint density at radius 2 is 1.77 bits per heavy atom. The van der Waals surface area contributed by atoms with Gasteiger partial charge in [-0.2, -0.15) is 0 Å². The first-order valence-corrected chi connectivity index (χ1v) is 10.1. The third kappa shape index (κ3) is 4.62. The Balaban J connectivity index is 1.69. The molecule has 0 fully saturated rings. The van der Waals surface area contributed by atoms with Gasteiger partial charge < -0.3 is 14.6 Å². The molecule has 1 N–H and O–H groups in total. The SMILES string of the molecule is CCc1oc2ccccc2c1/C=C/C(=O)N(C)CC(=O)Nc1c(C)cc(C)cc1C. The number of benzene rings is 2. The molecule has 0 spiro atoms. The monoisotopic (exact) mass is 404 g/mol. The average molecular weight is 405 g/mol. The lowest BCUT2D eigenvalue weighted by Gasteiger charge is -2.17. The fraction of sp³-hybridized carbons (Fsp3) is 0.280. The molecule has 0 saturated carbocycles. The fourth-order valence-corrected chi connectivity index (χ4v) is 3.69. The number of hydrogen-bond donors (Lipinski definition) is 1. The van der Waals surface area contributed by atoms with Gasteiger partial charge in [0.1, 0.15) is 11.3 Å². The fourth-order valence-electron chi connectivity index (χ4n) is 3.69. The maximum atomic E-state index is 12.6. The van der Waals surface area contributed by atoms with E-state index in [1.54, 1.807) is 13.1 Å². The average Bonchev–Trinajstić information content (AvgIpc) is 3.06. The number of anilines is 1. The van der Waals surface area contributed by atoms with Crippen LogP contribution in [0.2, 0.25) is 0 Å². The molecule has 0 aliphatic rings. The number of hydrogen-bond acceptors (Lipinski definition) is 3. The maximum Gasteiger partial charge on any atom is 0.246 e. The van der Waals surface area contributed by atoms with Crippen LogP contribution >= 0.6 is 0 Å². The van der Waals surface area contributed by atoms with Crippen LogP contribution < -0.4 is 5.32 Å². The van der Waals surface area contributed by atoms with Gasteiger partial charge in [0.2, 0.25) is 11.8 Å². The molecule has 1 heterocycles. The quantitative estimate of drug-likeness (QED) is 0.586. The number of furan rings is 1. The van der Waals surface area contributed by atoms with E-state index in [9.17, 15) is 9.59 Å². The Morgan fingerprint density at radius 1 is 1.10 bits per heavy atom. The minimum absolute atomic E-state index is 0.0251. The van der Waals surface area contributed by atoms with Gasteiger partial charge in [0, 0.05) is 36.2 Å². The number of para-hydroxylation sites is 1. The van der Waals surface area contributed by atoms with Crippen molar-refractivity contribution in [2.45, 2.75) is 34.1 Å². The number of carbonyl (C=O) groups excluding carboxylic acids is 2. The maximum absolute atomic E-state index is 12.6. The van der Waals surface area contributed by atoms with E-state index < -0.39 is 0 Å². The number of aryl methyl sites for hydroxylation is 4. The molecule has 1 aromatic heterocycles. The van der Waals surface area contributed by atoms with E-state index >= 15 is 0 Å². The molecular formula is C25H28N2O3. The molecule has 5 nitrogen and oxygen atoms in total. The van der Waals surface area contributed by atoms with Crippen LogP contribution in [0.4, 0.5) is 5.69 Å². The van der Waals surface area contributed by atoms with E-state index in [-0.39, 0.29) is 18.4 Å². The van der Waals surface area contributed by atoms with Gasteiger partial charge in [-0.3, -0.25) is 9.59 Å². The van der Waals surface area contributed by atoms with Gasteiger partial charge in [-0.05, 0) is 44.0 Å². The van der Waals surface area contributed by atoms with Crippen LogP contribution in [-0.4, -0.2) is 30.3 Å². The Kier molecular flexibility index (Phi) is 6.40. The molecule has 30 heavy (non-hydrogen) atoms. The highest BCUT2D eigenvalue weighted by Crippen LogP contribution is 2.27. The second kappa shape index (κ2) is 8.99. The molecule has 0 unspecified atom stereocenters. The van der Waals surface area contributed by atoms with Gasteiger partial charge in [0.25, 0.3) is 0 Å². The second-order valence-electron chi connectivity index (χ2n) is 7.64. The van der Waals surface area contributed by atoms with E-state index in [0.717, 1.165) is 51.1 Å². The van der Waals surface area contributed by atoms with Crippen molar-refractivity contribution < 1.29 is 14.0 Å². The second-order valence-corrected chi connectivity index (χ2v) is 7.64. The third-order valence-electron chi connectivity index (χ3n) is 5.12. The Labute approximate surface area is 177 Å². The van der Waals surface area contributed by atoms with E-state index in [4.69, 9.17) is 4.42 Å². The van der Waals surface area contributed by atoms with Gasteiger partial charge >= 0.3 is 0 Å². The van der Waals surface area contributed by atoms with Gasteiger partial charge in [-0.1, -0.05) is 42.8 Å². The molecule has 0 saturated heterocycles.